The van der Waals surface area contributed by atoms with E-state index in [0.717, 1.165) is 5.56 Å². The number of benzene rings is 2. The first-order valence-corrected chi connectivity index (χ1v) is 11.8. The molecule has 0 aromatic heterocycles. The van der Waals surface area contributed by atoms with Crippen LogP contribution in [0.2, 0.25) is 5.02 Å². The molecule has 2 aromatic rings. The minimum Gasteiger partial charge on any atom is -0.490 e. The Hall–Kier alpha value is -1.77. The summed E-state index contributed by atoms with van der Waals surface area (Å²) in [7, 11) is -7.79. The maximum absolute atomic E-state index is 12.9. The van der Waals surface area contributed by atoms with E-state index in [1.54, 1.807) is 12.1 Å². The molecule has 1 aliphatic heterocycles. The van der Waals surface area contributed by atoms with Gasteiger partial charge in [-0.25, -0.2) is 16.8 Å². The van der Waals surface area contributed by atoms with Crippen LogP contribution in [-0.2, 0) is 26.3 Å². The first-order chi connectivity index (χ1) is 12.5. The van der Waals surface area contributed by atoms with Crippen LogP contribution in [0.1, 0.15) is 26.3 Å². The second-order valence-electron chi connectivity index (χ2n) is 6.72. The average molecular weight is 430 g/mol. The molecule has 0 aliphatic carbocycles. The molecule has 0 fully saturated rings. The number of ether oxygens (including phenoxy) is 1. The van der Waals surface area contributed by atoms with Gasteiger partial charge in [-0.3, -0.25) is 4.72 Å². The zero-order valence-corrected chi connectivity index (χ0v) is 17.5. The van der Waals surface area contributed by atoms with E-state index in [-0.39, 0.29) is 26.6 Å². The summed E-state index contributed by atoms with van der Waals surface area (Å²) in [4.78, 5) is -0.185. The molecule has 9 heteroatoms. The monoisotopic (exact) mass is 429 g/mol. The van der Waals surface area contributed by atoms with Gasteiger partial charge in [0.15, 0.2) is 9.84 Å². The lowest BCUT2D eigenvalue weighted by atomic mass is 10.1. The number of hydrogen-bond acceptors (Lipinski definition) is 5. The molecule has 0 saturated carbocycles. The minimum atomic E-state index is -4.01. The van der Waals surface area contributed by atoms with Gasteiger partial charge < -0.3 is 4.74 Å². The highest BCUT2D eigenvalue weighted by molar-refractivity contribution is 7.93. The van der Waals surface area contributed by atoms with E-state index < -0.39 is 25.1 Å². The summed E-state index contributed by atoms with van der Waals surface area (Å²) in [5.74, 6) is 0.660. The summed E-state index contributed by atoms with van der Waals surface area (Å²) in [5, 5.41) is -0.778. The molecule has 1 N–H and O–H groups in total. The lowest BCUT2D eigenvalue weighted by Gasteiger charge is -2.16. The van der Waals surface area contributed by atoms with Crippen LogP contribution < -0.4 is 9.46 Å². The van der Waals surface area contributed by atoms with Gasteiger partial charge in [0, 0.05) is 6.42 Å². The fourth-order valence-corrected chi connectivity index (χ4v) is 5.80. The van der Waals surface area contributed by atoms with Gasteiger partial charge in [0.2, 0.25) is 0 Å². The Morgan fingerprint density at radius 1 is 1.15 bits per heavy atom. The van der Waals surface area contributed by atoms with E-state index in [0.29, 0.717) is 12.2 Å². The van der Waals surface area contributed by atoms with Crippen molar-refractivity contribution in [2.75, 3.05) is 4.72 Å². The van der Waals surface area contributed by atoms with Crippen LogP contribution >= 0.6 is 11.6 Å². The van der Waals surface area contributed by atoms with Crippen LogP contribution in [0.5, 0.6) is 5.75 Å². The van der Waals surface area contributed by atoms with Gasteiger partial charge in [-0.15, -0.1) is 0 Å². The summed E-state index contributed by atoms with van der Waals surface area (Å²) in [5.41, 5.74) is 0.729. The fourth-order valence-electron chi connectivity index (χ4n) is 2.88. The largest absolute Gasteiger partial charge is 0.490 e. The third kappa shape index (κ3) is 3.79. The van der Waals surface area contributed by atoms with Crippen LogP contribution in [0.4, 0.5) is 5.69 Å². The Kier molecular flexibility index (Phi) is 5.18. The van der Waals surface area contributed by atoms with Gasteiger partial charge >= 0.3 is 0 Å². The molecule has 0 spiro atoms. The summed E-state index contributed by atoms with van der Waals surface area (Å²) < 4.78 is 59.0. The molecular weight excluding hydrogens is 410 g/mol. The van der Waals surface area contributed by atoms with Crippen LogP contribution in [0.15, 0.2) is 46.2 Å². The second kappa shape index (κ2) is 7.00. The number of anilines is 1. The maximum Gasteiger partial charge on any atom is 0.261 e. The number of halogens is 1. The Bertz CT molecular complexity index is 1090. The number of sulfonamides is 1. The number of hydrogen-bond donors (Lipinski definition) is 1. The van der Waals surface area contributed by atoms with Crippen LogP contribution in [0, 0.1) is 0 Å². The zero-order chi connectivity index (χ0) is 20.0. The molecule has 0 bridgehead atoms. The number of rotatable bonds is 5. The van der Waals surface area contributed by atoms with Gasteiger partial charge in [0.05, 0.1) is 20.9 Å². The highest BCUT2D eigenvalue weighted by Crippen LogP contribution is 2.35. The third-order valence-corrected chi connectivity index (χ3v) is 8.33. The molecule has 6 nitrogen and oxygen atoms in total. The van der Waals surface area contributed by atoms with E-state index in [4.69, 9.17) is 16.3 Å². The molecule has 3 rings (SSSR count). The highest BCUT2D eigenvalue weighted by atomic mass is 35.5. The van der Waals surface area contributed by atoms with Crippen LogP contribution in [0.25, 0.3) is 0 Å². The molecular formula is C18H20ClNO5S2. The zero-order valence-electron chi connectivity index (χ0n) is 15.1. The van der Waals surface area contributed by atoms with Gasteiger partial charge in [0.25, 0.3) is 10.0 Å². The summed E-state index contributed by atoms with van der Waals surface area (Å²) >= 11 is 6.10. The van der Waals surface area contributed by atoms with Crippen molar-refractivity contribution in [3.05, 3.63) is 47.0 Å². The van der Waals surface area contributed by atoms with Gasteiger partial charge in [-0.05, 0) is 56.7 Å². The fraction of sp³-hybridized carbons (Fsp3) is 0.333. The smallest absolute Gasteiger partial charge is 0.261 e. The number of nitrogens with one attached hydrogen (secondary N) is 1. The van der Waals surface area contributed by atoms with Crippen LogP contribution in [0.3, 0.4) is 0 Å². The normalized spacial score (nSPS) is 16.9. The van der Waals surface area contributed by atoms with Crippen molar-refractivity contribution in [2.45, 2.75) is 48.3 Å². The molecule has 0 radical (unpaired) electrons. The van der Waals surface area contributed by atoms with Crippen molar-refractivity contribution in [3.63, 3.8) is 0 Å². The summed E-state index contributed by atoms with van der Waals surface area (Å²) in [6, 6.07) is 8.89. The van der Waals surface area contributed by atoms with Gasteiger partial charge in [0.1, 0.15) is 16.7 Å². The quantitative estimate of drug-likeness (QED) is 0.783. The molecule has 0 saturated heterocycles. The topological polar surface area (TPSA) is 89.5 Å². The highest BCUT2D eigenvalue weighted by Gasteiger charge is 2.29. The second-order valence-corrected chi connectivity index (χ2v) is 11.2. The first kappa shape index (κ1) is 20.0. The minimum absolute atomic E-state index is 0.0124. The van der Waals surface area contributed by atoms with Crippen molar-refractivity contribution < 1.29 is 21.6 Å². The number of sulfone groups is 1. The van der Waals surface area contributed by atoms with E-state index in [9.17, 15) is 16.8 Å². The van der Waals surface area contributed by atoms with Gasteiger partial charge in [-0.2, -0.15) is 0 Å². The average Bonchev–Trinajstić information content (AvgIpc) is 2.93. The lowest BCUT2D eigenvalue weighted by molar-refractivity contribution is 0.254. The standard InChI is InChI=1S/C18H20ClNO5S2/c1-11(2)26(21,22)18-15(19)5-4-6-16(18)20-27(23,24)14-7-8-17-13(10-14)9-12(3)25-17/h4-8,10-12,20H,9H2,1-3H3. The molecule has 1 aliphatic rings. The molecule has 146 valence electrons. The molecule has 1 heterocycles. The predicted molar refractivity (Wildman–Crippen MR) is 105 cm³/mol. The van der Waals surface area contributed by atoms with E-state index in [2.05, 4.69) is 4.72 Å². The lowest BCUT2D eigenvalue weighted by Crippen LogP contribution is -2.19. The van der Waals surface area contributed by atoms with Crippen molar-refractivity contribution >= 4 is 37.1 Å². The first-order valence-electron chi connectivity index (χ1n) is 8.37. The molecule has 1 unspecified atom stereocenters. The number of fused-ring (bicyclic) bond motifs is 1. The third-order valence-electron chi connectivity index (χ3n) is 4.29. The molecule has 27 heavy (non-hydrogen) atoms. The van der Waals surface area contributed by atoms with E-state index in [1.165, 1.54) is 38.1 Å². The SMILES string of the molecule is CC1Cc2cc(S(=O)(=O)Nc3cccc(Cl)c3S(=O)(=O)C(C)C)ccc2O1. The van der Waals surface area contributed by atoms with E-state index in [1.807, 2.05) is 6.92 Å². The Labute approximate surface area is 164 Å². The van der Waals surface area contributed by atoms with Gasteiger partial charge in [-0.1, -0.05) is 17.7 Å². The van der Waals surface area contributed by atoms with Crippen molar-refractivity contribution in [1.29, 1.82) is 0 Å². The maximum atomic E-state index is 12.9. The Morgan fingerprint density at radius 3 is 2.52 bits per heavy atom. The molecule has 1 atom stereocenters. The van der Waals surface area contributed by atoms with Crippen molar-refractivity contribution in [1.82, 2.24) is 0 Å². The summed E-state index contributed by atoms with van der Waals surface area (Å²) in [6.45, 7) is 4.93. The van der Waals surface area contributed by atoms with E-state index >= 15 is 0 Å². The summed E-state index contributed by atoms with van der Waals surface area (Å²) in [6.07, 6.45) is 0.602. The Balaban J connectivity index is 2.03. The predicted octanol–water partition coefficient (Wildman–Crippen LogP) is 3.65. The molecule has 2 aromatic carbocycles. The van der Waals surface area contributed by atoms with Crippen molar-refractivity contribution in [3.8, 4) is 5.75 Å². The molecule has 0 amide bonds. The van der Waals surface area contributed by atoms with Crippen molar-refractivity contribution in [2.24, 2.45) is 0 Å². The Morgan fingerprint density at radius 2 is 1.85 bits per heavy atom. The van der Waals surface area contributed by atoms with Crippen LogP contribution in [-0.4, -0.2) is 28.2 Å².